The van der Waals surface area contributed by atoms with Gasteiger partial charge in [0.2, 0.25) is 0 Å². The minimum atomic E-state index is -0.457. The van der Waals surface area contributed by atoms with E-state index < -0.39 is 6.10 Å². The minimum absolute atomic E-state index is 0.109. The van der Waals surface area contributed by atoms with Gasteiger partial charge in [0, 0.05) is 23.8 Å². The quantitative estimate of drug-likeness (QED) is 0.669. The molecule has 1 saturated carbocycles. The van der Waals surface area contributed by atoms with Gasteiger partial charge in [-0.15, -0.1) is 0 Å². The number of nitrogens with one attached hydrogen (secondary N) is 1. The highest BCUT2D eigenvalue weighted by molar-refractivity contribution is 5.94. The number of hydrogen-bond donors (Lipinski definition) is 3. The number of nitrogens with zero attached hydrogens (tertiary/aromatic N) is 2. The van der Waals surface area contributed by atoms with Crippen molar-refractivity contribution in [3.05, 3.63) is 60.4 Å². The Balaban J connectivity index is 1.43. The molecule has 6 nitrogen and oxygen atoms in total. The van der Waals surface area contributed by atoms with Crippen LogP contribution < -0.4 is 11.1 Å². The van der Waals surface area contributed by atoms with Gasteiger partial charge >= 0.3 is 0 Å². The molecule has 0 aliphatic heterocycles. The van der Waals surface area contributed by atoms with Gasteiger partial charge in [-0.2, -0.15) is 0 Å². The van der Waals surface area contributed by atoms with Gasteiger partial charge in [0.25, 0.3) is 5.91 Å². The van der Waals surface area contributed by atoms with E-state index in [9.17, 15) is 9.90 Å². The Morgan fingerprint density at radius 3 is 2.69 bits per heavy atom. The monoisotopic (exact) mass is 350 g/mol. The number of rotatable bonds is 4. The topological polar surface area (TPSA) is 93.2 Å². The Morgan fingerprint density at radius 1 is 1.19 bits per heavy atom. The Hall–Kier alpha value is -2.70. The van der Waals surface area contributed by atoms with Crippen LogP contribution in [0.4, 0.5) is 0 Å². The molecule has 1 amide bonds. The standard InChI is InChI=1S/C20H22N4O2/c21-16-9-13(10-19(16)25)11-22-20(26)14-5-7-15(8-6-14)24-12-23-17-3-1-2-4-18(17)24/h1-8,12-13,16,19,25H,9-11,21H2,(H,22,26)/t13-,16+,19+/m0/s1. The summed E-state index contributed by atoms with van der Waals surface area (Å²) < 4.78 is 2.00. The van der Waals surface area contributed by atoms with Crippen molar-refractivity contribution in [3.63, 3.8) is 0 Å². The molecule has 2 aromatic carbocycles. The highest BCUT2D eigenvalue weighted by Gasteiger charge is 2.30. The molecule has 0 radical (unpaired) electrons. The van der Waals surface area contributed by atoms with E-state index in [1.807, 2.05) is 53.1 Å². The molecule has 3 atom stereocenters. The van der Waals surface area contributed by atoms with Crippen LogP contribution in [0.3, 0.4) is 0 Å². The van der Waals surface area contributed by atoms with Crippen LogP contribution in [0.15, 0.2) is 54.9 Å². The van der Waals surface area contributed by atoms with Crippen LogP contribution in [0.25, 0.3) is 16.7 Å². The number of fused-ring (bicyclic) bond motifs is 1. The van der Waals surface area contributed by atoms with Gasteiger partial charge in [-0.1, -0.05) is 12.1 Å². The summed E-state index contributed by atoms with van der Waals surface area (Å²) in [5.41, 5.74) is 9.35. The number of nitrogens with two attached hydrogens (primary N) is 1. The van der Waals surface area contributed by atoms with Crippen LogP contribution in [0.2, 0.25) is 0 Å². The summed E-state index contributed by atoms with van der Waals surface area (Å²) >= 11 is 0. The zero-order valence-corrected chi connectivity index (χ0v) is 14.4. The van der Waals surface area contributed by atoms with E-state index >= 15 is 0 Å². The van der Waals surface area contributed by atoms with Crippen molar-refractivity contribution < 1.29 is 9.90 Å². The first-order chi connectivity index (χ1) is 12.6. The molecule has 1 fully saturated rings. The van der Waals surface area contributed by atoms with E-state index in [4.69, 9.17) is 5.73 Å². The van der Waals surface area contributed by atoms with Crippen molar-refractivity contribution in [1.29, 1.82) is 0 Å². The predicted molar refractivity (Wildman–Crippen MR) is 100 cm³/mol. The highest BCUT2D eigenvalue weighted by Crippen LogP contribution is 2.24. The third-order valence-corrected chi connectivity index (χ3v) is 5.09. The molecule has 0 bridgehead atoms. The van der Waals surface area contributed by atoms with E-state index in [0.29, 0.717) is 18.5 Å². The zero-order chi connectivity index (χ0) is 18.1. The first-order valence-electron chi connectivity index (χ1n) is 8.86. The number of amides is 1. The predicted octanol–water partition coefficient (Wildman–Crippen LogP) is 1.85. The first kappa shape index (κ1) is 16.8. The number of benzene rings is 2. The van der Waals surface area contributed by atoms with Crippen molar-refractivity contribution in [2.45, 2.75) is 25.0 Å². The summed E-state index contributed by atoms with van der Waals surface area (Å²) in [6.45, 7) is 0.539. The van der Waals surface area contributed by atoms with Gasteiger partial charge in [-0.3, -0.25) is 9.36 Å². The fourth-order valence-corrected chi connectivity index (χ4v) is 3.60. The van der Waals surface area contributed by atoms with Gasteiger partial charge in [-0.05, 0) is 55.2 Å². The van der Waals surface area contributed by atoms with Gasteiger partial charge in [0.05, 0.1) is 17.1 Å². The molecular formula is C20H22N4O2. The van der Waals surface area contributed by atoms with Gasteiger partial charge < -0.3 is 16.2 Å². The molecule has 1 aromatic heterocycles. The molecule has 4 rings (SSSR count). The summed E-state index contributed by atoms with van der Waals surface area (Å²) in [5.74, 6) is 0.127. The van der Waals surface area contributed by atoms with E-state index in [0.717, 1.165) is 23.1 Å². The largest absolute Gasteiger partial charge is 0.392 e. The average molecular weight is 350 g/mol. The molecule has 0 unspecified atom stereocenters. The van der Waals surface area contributed by atoms with Crippen LogP contribution in [-0.4, -0.2) is 39.3 Å². The molecule has 4 N–H and O–H groups in total. The molecule has 0 saturated heterocycles. The Morgan fingerprint density at radius 2 is 1.96 bits per heavy atom. The molecule has 6 heteroatoms. The van der Waals surface area contributed by atoms with Crippen LogP contribution in [0.1, 0.15) is 23.2 Å². The lowest BCUT2D eigenvalue weighted by Gasteiger charge is -2.11. The van der Waals surface area contributed by atoms with E-state index in [-0.39, 0.29) is 17.9 Å². The second kappa shape index (κ2) is 6.90. The maximum Gasteiger partial charge on any atom is 0.251 e. The van der Waals surface area contributed by atoms with E-state index in [1.54, 1.807) is 6.33 Å². The maximum atomic E-state index is 12.4. The van der Waals surface area contributed by atoms with E-state index in [1.165, 1.54) is 0 Å². The smallest absolute Gasteiger partial charge is 0.251 e. The summed E-state index contributed by atoms with van der Waals surface area (Å²) in [7, 11) is 0. The molecule has 1 aliphatic rings. The fourth-order valence-electron chi connectivity index (χ4n) is 3.60. The summed E-state index contributed by atoms with van der Waals surface area (Å²) in [6, 6.07) is 15.2. The highest BCUT2D eigenvalue weighted by atomic mass is 16.3. The molecular weight excluding hydrogens is 328 g/mol. The lowest BCUT2D eigenvalue weighted by Crippen LogP contribution is -2.29. The summed E-state index contributed by atoms with van der Waals surface area (Å²) in [6.07, 6.45) is 2.72. The number of hydrogen-bond acceptors (Lipinski definition) is 4. The second-order valence-corrected chi connectivity index (χ2v) is 6.93. The third kappa shape index (κ3) is 3.21. The number of para-hydroxylation sites is 2. The lowest BCUT2D eigenvalue weighted by atomic mass is 10.1. The minimum Gasteiger partial charge on any atom is -0.392 e. The first-order valence-corrected chi connectivity index (χ1v) is 8.86. The summed E-state index contributed by atoms with van der Waals surface area (Å²) in [5, 5.41) is 12.6. The molecule has 3 aromatic rings. The maximum absolute atomic E-state index is 12.4. The molecule has 134 valence electrons. The Kier molecular flexibility index (Phi) is 4.44. The number of aliphatic hydroxyl groups is 1. The van der Waals surface area contributed by atoms with Gasteiger partial charge in [-0.25, -0.2) is 4.98 Å². The SMILES string of the molecule is N[C@@H]1C[C@H](CNC(=O)c2ccc(-n3cnc4ccccc43)cc2)C[C@H]1O. The van der Waals surface area contributed by atoms with Gasteiger partial charge in [0.15, 0.2) is 0 Å². The van der Waals surface area contributed by atoms with Crippen LogP contribution in [-0.2, 0) is 0 Å². The van der Waals surface area contributed by atoms with Crippen molar-refractivity contribution in [1.82, 2.24) is 14.9 Å². The van der Waals surface area contributed by atoms with Crippen molar-refractivity contribution in [2.75, 3.05) is 6.54 Å². The average Bonchev–Trinajstić information content (AvgIpc) is 3.23. The Bertz CT molecular complexity index is 909. The zero-order valence-electron chi connectivity index (χ0n) is 14.4. The van der Waals surface area contributed by atoms with E-state index in [2.05, 4.69) is 10.3 Å². The van der Waals surface area contributed by atoms with Gasteiger partial charge in [0.1, 0.15) is 6.33 Å². The molecule has 26 heavy (non-hydrogen) atoms. The molecule has 1 aliphatic carbocycles. The molecule has 1 heterocycles. The van der Waals surface area contributed by atoms with Crippen molar-refractivity contribution in [3.8, 4) is 5.69 Å². The Labute approximate surface area is 151 Å². The van der Waals surface area contributed by atoms with Crippen LogP contribution >= 0.6 is 0 Å². The summed E-state index contributed by atoms with van der Waals surface area (Å²) in [4.78, 5) is 16.7. The van der Waals surface area contributed by atoms with Crippen molar-refractivity contribution in [2.24, 2.45) is 11.7 Å². The number of aromatic nitrogens is 2. The fraction of sp³-hybridized carbons (Fsp3) is 0.300. The normalized spacial score (nSPS) is 22.6. The number of carbonyl (C=O) groups is 1. The third-order valence-electron chi connectivity index (χ3n) is 5.09. The number of aliphatic hydroxyl groups excluding tert-OH is 1. The number of imidazole rings is 1. The van der Waals surface area contributed by atoms with Crippen molar-refractivity contribution >= 4 is 16.9 Å². The van der Waals surface area contributed by atoms with Crippen LogP contribution in [0.5, 0.6) is 0 Å². The lowest BCUT2D eigenvalue weighted by molar-refractivity contribution is 0.0945. The van der Waals surface area contributed by atoms with Crippen LogP contribution in [0, 0.1) is 5.92 Å². The number of carbonyl (C=O) groups excluding carboxylic acids is 1. The molecule has 0 spiro atoms. The second-order valence-electron chi connectivity index (χ2n) is 6.93.